The van der Waals surface area contributed by atoms with Gasteiger partial charge in [0.25, 0.3) is 0 Å². The van der Waals surface area contributed by atoms with Crippen molar-refractivity contribution >= 4 is 17.8 Å². The van der Waals surface area contributed by atoms with E-state index >= 15 is 0 Å². The second kappa shape index (κ2) is 21.4. The van der Waals surface area contributed by atoms with Crippen molar-refractivity contribution in [1.82, 2.24) is 5.32 Å². The average Bonchev–Trinajstić information content (AvgIpc) is 2.73. The highest BCUT2D eigenvalue weighted by molar-refractivity contribution is 5.91. The number of esters is 1. The molecule has 0 heterocycles. The van der Waals surface area contributed by atoms with Gasteiger partial charge in [0.15, 0.2) is 0 Å². The summed E-state index contributed by atoms with van der Waals surface area (Å²) in [5, 5.41) is 11.4. The molecule has 31 heavy (non-hydrogen) atoms. The van der Waals surface area contributed by atoms with Gasteiger partial charge in [0, 0.05) is 12.0 Å². The van der Waals surface area contributed by atoms with E-state index < -0.39 is 11.9 Å². The van der Waals surface area contributed by atoms with E-state index in [9.17, 15) is 14.4 Å². The summed E-state index contributed by atoms with van der Waals surface area (Å²) >= 11 is 0. The molecule has 6 heteroatoms. The Hall–Kier alpha value is -1.85. The lowest BCUT2D eigenvalue weighted by atomic mass is 10.0. The molecule has 0 rings (SSSR count). The summed E-state index contributed by atoms with van der Waals surface area (Å²) < 4.78 is 4.87. The highest BCUT2D eigenvalue weighted by Crippen LogP contribution is 2.13. The fourth-order valence-corrected chi connectivity index (χ4v) is 3.40. The molecule has 0 aliphatic rings. The Bertz CT molecular complexity index is 504. The van der Waals surface area contributed by atoms with E-state index in [1.165, 1.54) is 83.5 Å². The van der Waals surface area contributed by atoms with Crippen LogP contribution >= 0.6 is 0 Å². The second-order valence-corrected chi connectivity index (χ2v) is 8.36. The Labute approximate surface area is 189 Å². The number of carboxylic acid groups (broad SMARTS) is 1. The van der Waals surface area contributed by atoms with Gasteiger partial charge in [-0.3, -0.25) is 9.59 Å². The third-order valence-corrected chi connectivity index (χ3v) is 5.35. The third-order valence-electron chi connectivity index (χ3n) is 5.35. The minimum atomic E-state index is -1.21. The first-order valence-electron chi connectivity index (χ1n) is 12.3. The van der Waals surface area contributed by atoms with Gasteiger partial charge in [-0.2, -0.15) is 0 Å². The monoisotopic (exact) mass is 439 g/mol. The fraction of sp³-hybridized carbons (Fsp3) is 0.800. The number of carboxylic acids is 1. The largest absolute Gasteiger partial charge is 0.478 e. The summed E-state index contributed by atoms with van der Waals surface area (Å²) in [6.45, 7) is 5.81. The highest BCUT2D eigenvalue weighted by Gasteiger charge is 2.11. The molecule has 0 aromatic heterocycles. The number of hydrogen-bond acceptors (Lipinski definition) is 4. The first kappa shape index (κ1) is 29.1. The van der Waals surface area contributed by atoms with Crippen LogP contribution in [0.2, 0.25) is 0 Å². The number of nitrogens with one attached hydrogen (secondary N) is 1. The van der Waals surface area contributed by atoms with Crippen LogP contribution in [0, 0.1) is 0 Å². The Morgan fingerprint density at radius 1 is 0.774 bits per heavy atom. The van der Waals surface area contributed by atoms with Crippen molar-refractivity contribution in [1.29, 1.82) is 0 Å². The number of unbranched alkanes of at least 4 members (excludes halogenated alkanes) is 14. The molecule has 0 radical (unpaired) electrons. The van der Waals surface area contributed by atoms with Crippen LogP contribution < -0.4 is 5.32 Å². The molecule has 0 atom stereocenters. The summed E-state index contributed by atoms with van der Waals surface area (Å²) in [6, 6.07) is 0. The van der Waals surface area contributed by atoms with Gasteiger partial charge in [-0.1, -0.05) is 103 Å². The van der Waals surface area contributed by atoms with Gasteiger partial charge in [-0.15, -0.1) is 0 Å². The van der Waals surface area contributed by atoms with Crippen molar-refractivity contribution < 1.29 is 24.2 Å². The molecule has 0 saturated carbocycles. The smallest absolute Gasteiger partial charge is 0.331 e. The first-order chi connectivity index (χ1) is 15.0. The zero-order chi connectivity index (χ0) is 23.2. The molecule has 1 amide bonds. The molecule has 0 fully saturated rings. The topological polar surface area (TPSA) is 92.7 Å². The zero-order valence-electron chi connectivity index (χ0n) is 19.7. The van der Waals surface area contributed by atoms with Crippen LogP contribution in [-0.2, 0) is 19.1 Å². The van der Waals surface area contributed by atoms with Crippen LogP contribution in [0.5, 0.6) is 0 Å². The molecule has 2 N–H and O–H groups in total. The molecule has 180 valence electrons. The number of aliphatic carboxylic acids is 1. The molecular formula is C25H45NO5. The Kier molecular flexibility index (Phi) is 20.1. The van der Waals surface area contributed by atoms with E-state index in [-0.39, 0.29) is 31.1 Å². The van der Waals surface area contributed by atoms with Gasteiger partial charge >= 0.3 is 11.9 Å². The summed E-state index contributed by atoms with van der Waals surface area (Å²) in [5.41, 5.74) is -0.206. The molecule has 0 saturated heterocycles. The Morgan fingerprint density at radius 3 is 1.68 bits per heavy atom. The average molecular weight is 440 g/mol. The van der Waals surface area contributed by atoms with Crippen LogP contribution in [-0.4, -0.2) is 36.1 Å². The third kappa shape index (κ3) is 21.2. The van der Waals surface area contributed by atoms with E-state index in [0.717, 1.165) is 12.8 Å². The lowest BCUT2D eigenvalue weighted by Crippen LogP contribution is -2.27. The van der Waals surface area contributed by atoms with Crippen LogP contribution in [0.4, 0.5) is 0 Å². The van der Waals surface area contributed by atoms with Crippen molar-refractivity contribution in [3.63, 3.8) is 0 Å². The predicted molar refractivity (Wildman–Crippen MR) is 125 cm³/mol. The molecule has 0 unspecified atom stereocenters. The molecule has 0 aliphatic heterocycles. The predicted octanol–water partition coefficient (Wildman–Crippen LogP) is 5.94. The van der Waals surface area contributed by atoms with Crippen molar-refractivity contribution in [2.45, 2.75) is 116 Å². The normalized spacial score (nSPS) is 10.6. The highest BCUT2D eigenvalue weighted by atomic mass is 16.5. The van der Waals surface area contributed by atoms with E-state index in [1.54, 1.807) is 0 Å². The minimum absolute atomic E-state index is 0.0380. The van der Waals surface area contributed by atoms with Gasteiger partial charge in [-0.25, -0.2) is 4.79 Å². The summed E-state index contributed by atoms with van der Waals surface area (Å²) in [5.74, 6) is -1.90. The molecule has 0 aromatic rings. The number of carbonyl (C=O) groups excluding carboxylic acids is 2. The second-order valence-electron chi connectivity index (χ2n) is 8.36. The Balaban J connectivity index is 3.32. The number of rotatable bonds is 22. The number of ether oxygens (including phenoxy) is 1. The van der Waals surface area contributed by atoms with Crippen molar-refractivity contribution in [2.24, 2.45) is 0 Å². The minimum Gasteiger partial charge on any atom is -0.478 e. The molecule has 0 bridgehead atoms. The maximum absolute atomic E-state index is 11.7. The summed E-state index contributed by atoms with van der Waals surface area (Å²) in [7, 11) is 0. The van der Waals surface area contributed by atoms with Crippen LogP contribution in [0.15, 0.2) is 12.2 Å². The standard InChI is InChI=1S/C25H45NO5/c1-3-4-5-6-7-8-9-10-11-12-13-14-15-16-17-18-23(27)26-19-20-31-24(28)21-22(2)25(29)30/h2-21H2,1H3,(H,26,27)(H,29,30). The molecule has 6 nitrogen and oxygen atoms in total. The molecule has 0 aliphatic carbocycles. The van der Waals surface area contributed by atoms with Gasteiger partial charge in [0.2, 0.25) is 5.91 Å². The maximum atomic E-state index is 11.7. The summed E-state index contributed by atoms with van der Waals surface area (Å²) in [6.07, 6.45) is 19.6. The zero-order valence-corrected chi connectivity index (χ0v) is 19.7. The van der Waals surface area contributed by atoms with Gasteiger partial charge in [0.1, 0.15) is 6.61 Å². The molecule has 0 spiro atoms. The van der Waals surface area contributed by atoms with Gasteiger partial charge < -0.3 is 15.2 Å². The first-order valence-corrected chi connectivity index (χ1v) is 12.3. The van der Waals surface area contributed by atoms with Gasteiger partial charge in [-0.05, 0) is 6.42 Å². The lowest BCUT2D eigenvalue weighted by molar-refractivity contribution is -0.144. The SMILES string of the molecule is C=C(CC(=O)OCCNC(=O)CCCCCCCCCCCCCCCCC)C(=O)O. The van der Waals surface area contributed by atoms with Crippen molar-refractivity contribution in [2.75, 3.05) is 13.2 Å². The maximum Gasteiger partial charge on any atom is 0.331 e. The molecule has 0 aromatic carbocycles. The fourth-order valence-electron chi connectivity index (χ4n) is 3.40. The summed E-state index contributed by atoms with van der Waals surface area (Å²) in [4.78, 5) is 33.7. The van der Waals surface area contributed by atoms with Crippen molar-refractivity contribution in [3.05, 3.63) is 12.2 Å². The Morgan fingerprint density at radius 2 is 1.23 bits per heavy atom. The van der Waals surface area contributed by atoms with E-state index in [1.807, 2.05) is 0 Å². The van der Waals surface area contributed by atoms with Crippen LogP contribution in [0.3, 0.4) is 0 Å². The van der Waals surface area contributed by atoms with Crippen LogP contribution in [0.1, 0.15) is 116 Å². The van der Waals surface area contributed by atoms with Crippen molar-refractivity contribution in [3.8, 4) is 0 Å². The van der Waals surface area contributed by atoms with Gasteiger partial charge in [0.05, 0.1) is 13.0 Å². The van der Waals surface area contributed by atoms with E-state index in [4.69, 9.17) is 9.84 Å². The quantitative estimate of drug-likeness (QED) is 0.124. The van der Waals surface area contributed by atoms with E-state index in [2.05, 4.69) is 18.8 Å². The number of amides is 1. The van der Waals surface area contributed by atoms with Crippen LogP contribution in [0.25, 0.3) is 0 Å². The lowest BCUT2D eigenvalue weighted by Gasteiger charge is -2.07. The molecular weight excluding hydrogens is 394 g/mol. The number of carbonyl (C=O) groups is 3. The number of hydrogen-bond donors (Lipinski definition) is 2. The van der Waals surface area contributed by atoms with E-state index in [0.29, 0.717) is 6.42 Å².